The molecule has 1 heterocycles. The molecule has 3 aromatic rings. The molecule has 1 aliphatic rings. The first-order chi connectivity index (χ1) is 15.2. The predicted molar refractivity (Wildman–Crippen MR) is 115 cm³/mol. The number of amides is 2. The molecule has 168 valence electrons. The van der Waals surface area contributed by atoms with Crippen LogP contribution in [0.4, 0.5) is 13.2 Å². The number of aromatic amines is 1. The molecule has 8 heteroatoms. The third kappa shape index (κ3) is 4.35. The summed E-state index contributed by atoms with van der Waals surface area (Å²) in [6.45, 7) is 0. The Morgan fingerprint density at radius 2 is 1.72 bits per heavy atom. The van der Waals surface area contributed by atoms with Crippen molar-refractivity contribution < 1.29 is 22.8 Å². The quantitative estimate of drug-likeness (QED) is 0.590. The lowest BCUT2D eigenvalue weighted by atomic mass is 9.74. The Hall–Kier alpha value is -3.29. The number of H-pyrrole nitrogens is 1. The maximum atomic E-state index is 14.4. The van der Waals surface area contributed by atoms with Gasteiger partial charge in [-0.15, -0.1) is 0 Å². The second-order valence-electron chi connectivity index (χ2n) is 8.45. The molecular formula is C24H24F3N3O2. The van der Waals surface area contributed by atoms with E-state index in [1.54, 1.807) is 26.2 Å². The second kappa shape index (κ2) is 8.68. The molecule has 0 spiro atoms. The van der Waals surface area contributed by atoms with E-state index in [1.807, 2.05) is 0 Å². The summed E-state index contributed by atoms with van der Waals surface area (Å²) in [4.78, 5) is 28.3. The summed E-state index contributed by atoms with van der Waals surface area (Å²) >= 11 is 0. The van der Waals surface area contributed by atoms with E-state index in [-0.39, 0.29) is 47.9 Å². The Labute approximate surface area is 183 Å². The van der Waals surface area contributed by atoms with E-state index >= 15 is 0 Å². The summed E-state index contributed by atoms with van der Waals surface area (Å²) in [5, 5.41) is 3.37. The average Bonchev–Trinajstić information content (AvgIpc) is 3.08. The standard InChI is InChI=1S/C24H24F3N3O2/c1-30(2)21(32)8-7-20(31)28-17-9-14(10-17)22-18-11-16(26)12-19(27)24(18)29-23(22)13-3-5-15(25)6-4-13/h3-6,11-12,14,17,29H,7-10H2,1-2H3,(H,28,31). The molecule has 32 heavy (non-hydrogen) atoms. The third-order valence-electron chi connectivity index (χ3n) is 5.97. The van der Waals surface area contributed by atoms with Crippen LogP contribution in [0.3, 0.4) is 0 Å². The van der Waals surface area contributed by atoms with Gasteiger partial charge < -0.3 is 15.2 Å². The molecule has 1 aliphatic carbocycles. The smallest absolute Gasteiger partial charge is 0.222 e. The molecule has 0 bridgehead atoms. The Bertz CT molecular complexity index is 1170. The highest BCUT2D eigenvalue weighted by Crippen LogP contribution is 2.45. The lowest BCUT2D eigenvalue weighted by Gasteiger charge is -2.36. The van der Waals surface area contributed by atoms with Crippen molar-refractivity contribution in [1.29, 1.82) is 0 Å². The minimum atomic E-state index is -0.690. The van der Waals surface area contributed by atoms with Crippen molar-refractivity contribution in [3.8, 4) is 11.3 Å². The highest BCUT2D eigenvalue weighted by molar-refractivity contribution is 5.92. The minimum absolute atomic E-state index is 0.0290. The van der Waals surface area contributed by atoms with Crippen LogP contribution in [-0.2, 0) is 9.59 Å². The average molecular weight is 443 g/mol. The Morgan fingerprint density at radius 1 is 1.03 bits per heavy atom. The number of carbonyl (C=O) groups excluding carboxylic acids is 2. The van der Waals surface area contributed by atoms with Crippen molar-refractivity contribution in [3.63, 3.8) is 0 Å². The Morgan fingerprint density at radius 3 is 2.38 bits per heavy atom. The molecule has 0 atom stereocenters. The lowest BCUT2D eigenvalue weighted by Crippen LogP contribution is -2.43. The van der Waals surface area contributed by atoms with Crippen molar-refractivity contribution in [1.82, 2.24) is 15.2 Å². The van der Waals surface area contributed by atoms with Gasteiger partial charge in [0.25, 0.3) is 0 Å². The number of rotatable bonds is 6. The van der Waals surface area contributed by atoms with Crippen LogP contribution in [-0.4, -0.2) is 41.8 Å². The third-order valence-corrected chi connectivity index (χ3v) is 5.97. The highest BCUT2D eigenvalue weighted by Gasteiger charge is 2.35. The number of hydrogen-bond donors (Lipinski definition) is 2. The van der Waals surface area contributed by atoms with Crippen LogP contribution < -0.4 is 5.32 Å². The van der Waals surface area contributed by atoms with E-state index in [0.717, 1.165) is 11.6 Å². The maximum absolute atomic E-state index is 14.4. The number of benzene rings is 2. The van der Waals surface area contributed by atoms with Crippen molar-refractivity contribution in [2.45, 2.75) is 37.6 Å². The SMILES string of the molecule is CN(C)C(=O)CCC(=O)NC1CC(c2c(-c3ccc(F)cc3)[nH]c3c(F)cc(F)cc23)C1. The van der Waals surface area contributed by atoms with Crippen LogP contribution in [0.15, 0.2) is 36.4 Å². The van der Waals surface area contributed by atoms with Gasteiger partial charge in [-0.1, -0.05) is 0 Å². The van der Waals surface area contributed by atoms with Gasteiger partial charge in [-0.25, -0.2) is 13.2 Å². The van der Waals surface area contributed by atoms with Crippen LogP contribution in [0.2, 0.25) is 0 Å². The molecule has 5 nitrogen and oxygen atoms in total. The molecule has 0 saturated heterocycles. The van der Waals surface area contributed by atoms with Crippen molar-refractivity contribution in [3.05, 3.63) is 59.4 Å². The minimum Gasteiger partial charge on any atom is -0.353 e. The van der Waals surface area contributed by atoms with E-state index in [0.29, 0.717) is 29.5 Å². The second-order valence-corrected chi connectivity index (χ2v) is 8.45. The normalized spacial score (nSPS) is 17.8. The van der Waals surface area contributed by atoms with Gasteiger partial charge in [0.05, 0.1) is 11.2 Å². The lowest BCUT2D eigenvalue weighted by molar-refractivity contribution is -0.131. The molecular weight excluding hydrogens is 419 g/mol. The fourth-order valence-electron chi connectivity index (χ4n) is 4.22. The zero-order valence-corrected chi connectivity index (χ0v) is 17.8. The van der Waals surface area contributed by atoms with Gasteiger partial charge in [0.1, 0.15) is 17.5 Å². The number of nitrogens with zero attached hydrogens (tertiary/aromatic N) is 1. The van der Waals surface area contributed by atoms with Crippen LogP contribution >= 0.6 is 0 Å². The topological polar surface area (TPSA) is 65.2 Å². The Kier molecular flexibility index (Phi) is 5.95. The Balaban J connectivity index is 1.54. The molecule has 0 radical (unpaired) electrons. The highest BCUT2D eigenvalue weighted by atomic mass is 19.1. The van der Waals surface area contributed by atoms with Crippen molar-refractivity contribution in [2.24, 2.45) is 0 Å². The molecule has 2 N–H and O–H groups in total. The van der Waals surface area contributed by atoms with Crippen LogP contribution in [0, 0.1) is 17.5 Å². The summed E-state index contributed by atoms with van der Waals surface area (Å²) in [5.74, 6) is -2.08. The fraction of sp³-hybridized carbons (Fsp3) is 0.333. The number of fused-ring (bicyclic) bond motifs is 1. The summed E-state index contributed by atoms with van der Waals surface area (Å²) < 4.78 is 41.8. The number of halogens is 3. The zero-order valence-electron chi connectivity index (χ0n) is 17.8. The van der Waals surface area contributed by atoms with Gasteiger partial charge >= 0.3 is 0 Å². The van der Waals surface area contributed by atoms with Gasteiger partial charge in [-0.3, -0.25) is 9.59 Å². The molecule has 2 aromatic carbocycles. The van der Waals surface area contributed by atoms with Gasteiger partial charge in [-0.2, -0.15) is 0 Å². The molecule has 1 fully saturated rings. The van der Waals surface area contributed by atoms with Crippen LogP contribution in [0.1, 0.15) is 37.2 Å². The maximum Gasteiger partial charge on any atom is 0.222 e. The summed E-state index contributed by atoms with van der Waals surface area (Å²) in [7, 11) is 3.28. The fourth-order valence-corrected chi connectivity index (χ4v) is 4.22. The van der Waals surface area contributed by atoms with Crippen molar-refractivity contribution >= 4 is 22.7 Å². The van der Waals surface area contributed by atoms with Crippen LogP contribution in [0.5, 0.6) is 0 Å². The van der Waals surface area contributed by atoms with E-state index in [9.17, 15) is 22.8 Å². The first-order valence-corrected chi connectivity index (χ1v) is 10.5. The first-order valence-electron chi connectivity index (χ1n) is 10.5. The number of carbonyl (C=O) groups is 2. The van der Waals surface area contributed by atoms with E-state index < -0.39 is 11.6 Å². The monoisotopic (exact) mass is 443 g/mol. The van der Waals surface area contributed by atoms with Crippen molar-refractivity contribution in [2.75, 3.05) is 14.1 Å². The summed E-state index contributed by atoms with van der Waals surface area (Å²) in [5.41, 5.74) is 2.26. The molecule has 1 saturated carbocycles. The number of nitrogens with one attached hydrogen (secondary N) is 2. The van der Waals surface area contributed by atoms with E-state index in [2.05, 4.69) is 10.3 Å². The van der Waals surface area contributed by atoms with Gasteiger partial charge in [0.2, 0.25) is 11.8 Å². The van der Waals surface area contributed by atoms with Crippen LogP contribution in [0.25, 0.3) is 22.2 Å². The largest absolute Gasteiger partial charge is 0.353 e. The zero-order chi connectivity index (χ0) is 23.0. The molecule has 1 aromatic heterocycles. The van der Waals surface area contributed by atoms with E-state index in [4.69, 9.17) is 0 Å². The molecule has 0 unspecified atom stereocenters. The summed E-state index contributed by atoms with van der Waals surface area (Å²) in [6.07, 6.45) is 1.46. The molecule has 0 aliphatic heterocycles. The predicted octanol–water partition coefficient (Wildman–Crippen LogP) is 4.48. The summed E-state index contributed by atoms with van der Waals surface area (Å²) in [6, 6.07) is 7.88. The van der Waals surface area contributed by atoms with Gasteiger partial charge in [0.15, 0.2) is 0 Å². The molecule has 4 rings (SSSR count). The number of aromatic nitrogens is 1. The first kappa shape index (κ1) is 21.9. The van der Waals surface area contributed by atoms with E-state index in [1.165, 1.54) is 23.1 Å². The number of hydrogen-bond acceptors (Lipinski definition) is 2. The van der Waals surface area contributed by atoms with Gasteiger partial charge in [-0.05, 0) is 60.2 Å². The van der Waals surface area contributed by atoms with Gasteiger partial charge in [0, 0.05) is 44.4 Å². The molecule has 2 amide bonds.